The number of amides is 1. The van der Waals surface area contributed by atoms with E-state index in [0.29, 0.717) is 6.61 Å². The Balaban J connectivity index is 1.59. The van der Waals surface area contributed by atoms with Gasteiger partial charge in [0.1, 0.15) is 5.60 Å². The second-order valence-corrected chi connectivity index (χ2v) is 8.08. The number of carbonyl (C=O) groups is 2. The van der Waals surface area contributed by atoms with Crippen molar-refractivity contribution in [2.75, 3.05) is 11.5 Å². The highest BCUT2D eigenvalue weighted by Crippen LogP contribution is 2.62. The van der Waals surface area contributed by atoms with E-state index >= 15 is 0 Å². The van der Waals surface area contributed by atoms with Gasteiger partial charge in [-0.3, -0.25) is 4.79 Å². The Kier molecular flexibility index (Phi) is 2.62. The third kappa shape index (κ3) is 1.48. The Hall–Kier alpha value is -2.18. The summed E-state index contributed by atoms with van der Waals surface area (Å²) < 4.78 is 12.3. The molecular formula is C20H18NO5-. The van der Waals surface area contributed by atoms with Crippen molar-refractivity contribution in [3.05, 3.63) is 41.5 Å². The van der Waals surface area contributed by atoms with Crippen LogP contribution in [0.5, 0.6) is 0 Å². The molecule has 5 aliphatic heterocycles. The molecule has 1 spiro atoms. The summed E-state index contributed by atoms with van der Waals surface area (Å²) in [4.78, 5) is 27.0. The average molecular weight is 352 g/mol. The first kappa shape index (κ1) is 14.9. The third-order valence-electron chi connectivity index (χ3n) is 6.89. The summed E-state index contributed by atoms with van der Waals surface area (Å²) >= 11 is 0. The van der Waals surface area contributed by atoms with Gasteiger partial charge in [-0.15, -0.1) is 0 Å². The Bertz CT molecular complexity index is 894. The first-order chi connectivity index (χ1) is 12.5. The number of hydrogen-bond donors (Lipinski definition) is 0. The number of anilines is 1. The van der Waals surface area contributed by atoms with E-state index in [1.54, 1.807) is 11.0 Å². The van der Waals surface area contributed by atoms with Gasteiger partial charge >= 0.3 is 0 Å². The van der Waals surface area contributed by atoms with E-state index in [0.717, 1.165) is 23.2 Å². The highest BCUT2D eigenvalue weighted by molar-refractivity contribution is 6.04. The van der Waals surface area contributed by atoms with Gasteiger partial charge in [0.25, 0.3) is 0 Å². The molecule has 0 saturated carbocycles. The van der Waals surface area contributed by atoms with Crippen molar-refractivity contribution < 1.29 is 24.2 Å². The third-order valence-corrected chi connectivity index (χ3v) is 6.89. The molecule has 6 nitrogen and oxygen atoms in total. The van der Waals surface area contributed by atoms with Gasteiger partial charge in [-0.25, -0.2) is 0 Å². The molecule has 0 N–H and O–H groups in total. The zero-order valence-electron chi connectivity index (χ0n) is 14.3. The quantitative estimate of drug-likeness (QED) is 0.688. The number of nitrogens with zero attached hydrogens (tertiary/aromatic N) is 1. The first-order valence-electron chi connectivity index (χ1n) is 9.16. The predicted octanol–water partition coefficient (Wildman–Crippen LogP) is 0.491. The molecule has 1 aromatic carbocycles. The zero-order valence-corrected chi connectivity index (χ0v) is 14.3. The minimum absolute atomic E-state index is 0.0786. The number of benzene rings is 1. The molecule has 0 aliphatic carbocycles. The maximum atomic E-state index is 13.4. The number of carboxylic acids is 1. The van der Waals surface area contributed by atoms with Crippen LogP contribution in [0.15, 0.2) is 30.4 Å². The number of hydrogen-bond acceptors (Lipinski definition) is 5. The molecule has 0 aromatic heterocycles. The Morgan fingerprint density at radius 2 is 2.23 bits per heavy atom. The van der Waals surface area contributed by atoms with E-state index in [9.17, 15) is 14.7 Å². The van der Waals surface area contributed by atoms with E-state index in [1.807, 2.05) is 25.1 Å². The van der Waals surface area contributed by atoms with Gasteiger partial charge in [0.15, 0.2) is 0 Å². The van der Waals surface area contributed by atoms with Crippen molar-refractivity contribution in [3.8, 4) is 0 Å². The van der Waals surface area contributed by atoms with Crippen LogP contribution in [0.25, 0.3) is 0 Å². The number of fused-ring (bicyclic) bond motifs is 7. The second-order valence-electron chi connectivity index (χ2n) is 8.08. The number of aryl methyl sites for hydroxylation is 1. The van der Waals surface area contributed by atoms with Crippen LogP contribution >= 0.6 is 0 Å². The summed E-state index contributed by atoms with van der Waals surface area (Å²) in [6.07, 6.45) is 3.91. The zero-order chi connectivity index (χ0) is 17.8. The molecule has 0 radical (unpaired) electrons. The monoisotopic (exact) mass is 352 g/mol. The summed E-state index contributed by atoms with van der Waals surface area (Å²) in [6.45, 7) is 2.66. The molecular weight excluding hydrogens is 334 g/mol. The van der Waals surface area contributed by atoms with Gasteiger partial charge < -0.3 is 24.3 Å². The lowest BCUT2D eigenvalue weighted by molar-refractivity contribution is -0.313. The molecule has 6 heteroatoms. The average Bonchev–Trinajstić information content (AvgIpc) is 3.35. The van der Waals surface area contributed by atoms with Crippen LogP contribution in [0.1, 0.15) is 23.7 Å². The molecule has 6 rings (SSSR count). The highest BCUT2D eigenvalue weighted by atomic mass is 16.5. The van der Waals surface area contributed by atoms with Crippen LogP contribution in [-0.4, -0.2) is 36.2 Å². The van der Waals surface area contributed by atoms with Gasteiger partial charge in [0, 0.05) is 35.7 Å². The van der Waals surface area contributed by atoms with Crippen LogP contribution in [-0.2, 0) is 19.1 Å². The van der Waals surface area contributed by atoms with E-state index in [2.05, 4.69) is 6.07 Å². The summed E-state index contributed by atoms with van der Waals surface area (Å²) in [5, 5.41) is 11.8. The van der Waals surface area contributed by atoms with Crippen LogP contribution < -0.4 is 10.0 Å². The van der Waals surface area contributed by atoms with Gasteiger partial charge in [0.2, 0.25) is 5.91 Å². The van der Waals surface area contributed by atoms with Crippen LogP contribution in [0.3, 0.4) is 0 Å². The Labute approximate surface area is 150 Å². The van der Waals surface area contributed by atoms with Crippen molar-refractivity contribution in [1.29, 1.82) is 0 Å². The summed E-state index contributed by atoms with van der Waals surface area (Å²) in [7, 11) is 0. The minimum Gasteiger partial charge on any atom is -0.550 e. The smallest absolute Gasteiger partial charge is 0.234 e. The van der Waals surface area contributed by atoms with Crippen molar-refractivity contribution in [3.63, 3.8) is 0 Å². The van der Waals surface area contributed by atoms with E-state index < -0.39 is 29.5 Å². The number of carbonyl (C=O) groups excluding carboxylic acids is 2. The molecule has 5 aliphatic rings. The van der Waals surface area contributed by atoms with E-state index in [-0.39, 0.29) is 24.0 Å². The second kappa shape index (κ2) is 4.56. The molecule has 26 heavy (non-hydrogen) atoms. The molecule has 3 saturated heterocycles. The molecule has 2 bridgehead atoms. The Morgan fingerprint density at radius 1 is 1.38 bits per heavy atom. The van der Waals surface area contributed by atoms with Crippen molar-refractivity contribution in [2.45, 2.75) is 37.2 Å². The first-order valence-corrected chi connectivity index (χ1v) is 9.16. The van der Waals surface area contributed by atoms with Crippen molar-refractivity contribution >= 4 is 17.6 Å². The molecule has 0 unspecified atom stereocenters. The van der Waals surface area contributed by atoms with Crippen LogP contribution in [0.2, 0.25) is 0 Å². The predicted molar refractivity (Wildman–Crippen MR) is 88.0 cm³/mol. The fourth-order valence-corrected chi connectivity index (χ4v) is 6.02. The maximum Gasteiger partial charge on any atom is 0.234 e. The summed E-state index contributed by atoms with van der Waals surface area (Å²) in [6, 6.07) is 5.79. The fraction of sp³-hybridized carbons (Fsp3) is 0.500. The summed E-state index contributed by atoms with van der Waals surface area (Å²) in [5.74, 6) is -2.91. The number of ether oxygens (including phenoxy) is 2. The molecule has 1 amide bonds. The Morgan fingerprint density at radius 3 is 3.04 bits per heavy atom. The SMILES string of the molecule is Cc1ccc2c(c1)[C@H]1OCC[C@H]1[C@@H]1N2C(=O)[C@H]2[C@@H](C(=O)[O-])[C@H]3C=C[C@@]12O3. The lowest BCUT2D eigenvalue weighted by atomic mass is 9.70. The van der Waals surface area contributed by atoms with Gasteiger partial charge in [0.05, 0.1) is 24.2 Å². The number of carboxylic acid groups (broad SMARTS) is 1. The standard InChI is InChI=1S/C20H19NO5/c1-9-2-3-12-11(8-9)16-10(5-7-25-16)17-20-6-4-13(26-20)14(19(23)24)15(20)18(22)21(12)17/h2-4,6,8,10,13-17H,5,7H2,1H3,(H,23,24)/p-1/t10-,13-,14+,15-,16+,17+,20+/m1/s1. The topological polar surface area (TPSA) is 78.9 Å². The minimum atomic E-state index is -1.21. The molecule has 3 fully saturated rings. The lowest BCUT2D eigenvalue weighted by Crippen LogP contribution is -2.53. The fourth-order valence-electron chi connectivity index (χ4n) is 6.02. The maximum absolute atomic E-state index is 13.4. The van der Waals surface area contributed by atoms with Gasteiger partial charge in [-0.05, 0) is 19.4 Å². The normalized spacial score (nSPS) is 44.0. The van der Waals surface area contributed by atoms with Crippen molar-refractivity contribution in [2.24, 2.45) is 17.8 Å². The molecule has 134 valence electrons. The number of rotatable bonds is 1. The van der Waals surface area contributed by atoms with E-state index in [4.69, 9.17) is 9.47 Å². The van der Waals surface area contributed by atoms with Crippen LogP contribution in [0.4, 0.5) is 5.69 Å². The molecule has 7 atom stereocenters. The largest absolute Gasteiger partial charge is 0.550 e. The number of aliphatic carboxylic acids is 1. The summed E-state index contributed by atoms with van der Waals surface area (Å²) in [5.41, 5.74) is 2.09. The van der Waals surface area contributed by atoms with Crippen molar-refractivity contribution in [1.82, 2.24) is 0 Å². The van der Waals surface area contributed by atoms with Crippen LogP contribution in [0, 0.1) is 24.7 Å². The molecule has 1 aromatic rings. The van der Waals surface area contributed by atoms with E-state index in [1.165, 1.54) is 0 Å². The van der Waals surface area contributed by atoms with Gasteiger partial charge in [-0.1, -0.05) is 29.8 Å². The van der Waals surface area contributed by atoms with Gasteiger partial charge in [-0.2, -0.15) is 0 Å². The highest BCUT2D eigenvalue weighted by Gasteiger charge is 2.73. The lowest BCUT2D eigenvalue weighted by Gasteiger charge is -2.44. The molecule has 5 heterocycles.